The quantitative estimate of drug-likeness (QED) is 0.698. The molecule has 1 atom stereocenters. The van der Waals surface area contributed by atoms with E-state index in [9.17, 15) is 0 Å². The Bertz CT molecular complexity index is 551. The van der Waals surface area contributed by atoms with Crippen LogP contribution in [0.4, 0.5) is 0 Å². The van der Waals surface area contributed by atoms with E-state index in [4.69, 9.17) is 4.98 Å². The van der Waals surface area contributed by atoms with Gasteiger partial charge in [-0.25, -0.2) is 0 Å². The van der Waals surface area contributed by atoms with Crippen molar-refractivity contribution in [1.82, 2.24) is 4.98 Å². The van der Waals surface area contributed by atoms with Crippen molar-refractivity contribution in [2.75, 3.05) is 0 Å². The third-order valence-corrected chi connectivity index (χ3v) is 4.46. The molecule has 19 heavy (non-hydrogen) atoms. The molecule has 1 heteroatoms. The van der Waals surface area contributed by atoms with Crippen LogP contribution in [0.25, 0.3) is 0 Å². The van der Waals surface area contributed by atoms with Gasteiger partial charge in [-0.05, 0) is 30.0 Å². The highest BCUT2D eigenvalue weighted by atomic mass is 14.7. The Morgan fingerprint density at radius 1 is 1.05 bits per heavy atom. The van der Waals surface area contributed by atoms with E-state index in [1.807, 2.05) is 12.3 Å². The van der Waals surface area contributed by atoms with Gasteiger partial charge in [0.25, 0.3) is 0 Å². The van der Waals surface area contributed by atoms with Gasteiger partial charge in [-0.2, -0.15) is 0 Å². The Hall–Kier alpha value is -1.76. The molecule has 0 spiro atoms. The number of aryl methyl sites for hydroxylation is 2. The molecule has 0 aliphatic heterocycles. The van der Waals surface area contributed by atoms with Gasteiger partial charge in [0, 0.05) is 17.7 Å². The van der Waals surface area contributed by atoms with E-state index < -0.39 is 0 Å². The first kappa shape index (κ1) is 12.3. The molecule has 0 amide bonds. The zero-order valence-corrected chi connectivity index (χ0v) is 11.7. The van der Waals surface area contributed by atoms with Gasteiger partial charge in [-0.1, -0.05) is 44.2 Å². The Balaban J connectivity index is 2.32. The van der Waals surface area contributed by atoms with Crippen molar-refractivity contribution < 1.29 is 0 Å². The lowest BCUT2D eigenvalue weighted by Gasteiger charge is -2.28. The van der Waals surface area contributed by atoms with Crippen molar-refractivity contribution in [2.24, 2.45) is 5.92 Å². The van der Waals surface area contributed by atoms with Crippen molar-refractivity contribution >= 4 is 0 Å². The summed E-state index contributed by atoms with van der Waals surface area (Å²) in [6.07, 6.45) is 4.04. The molecule has 1 heterocycles. The molecule has 0 saturated heterocycles. The van der Waals surface area contributed by atoms with Gasteiger partial charge in [-0.3, -0.25) is 4.98 Å². The average Bonchev–Trinajstić information content (AvgIpc) is 2.56. The highest BCUT2D eigenvalue weighted by molar-refractivity contribution is 5.48. The van der Waals surface area contributed by atoms with Crippen molar-refractivity contribution in [1.29, 1.82) is 0 Å². The predicted molar refractivity (Wildman–Crippen MR) is 79.1 cm³/mol. The van der Waals surface area contributed by atoms with E-state index in [2.05, 4.69) is 51.1 Å². The van der Waals surface area contributed by atoms with Crippen LogP contribution in [0, 0.1) is 12.8 Å². The summed E-state index contributed by atoms with van der Waals surface area (Å²) in [7, 11) is 0. The molecule has 0 bridgehead atoms. The van der Waals surface area contributed by atoms with Gasteiger partial charge in [0.15, 0.2) is 5.41 Å². The lowest BCUT2D eigenvalue weighted by Crippen LogP contribution is -2.32. The number of hydrogen-bond donors (Lipinski definition) is 0. The Morgan fingerprint density at radius 3 is 2.53 bits per heavy atom. The standard InChI is InChI=1S/C18H20N/c1-13(2)18(3)16-9-5-4-7-14(16)10-11-15-8-6-12-19-17(15)18/h4-9,12-13H,3,10-11H2,1-2H3/q+1. The minimum absolute atomic E-state index is 0.232. The number of fused-ring (bicyclic) bond motifs is 2. The summed E-state index contributed by atoms with van der Waals surface area (Å²) in [5, 5.41) is 0. The molecular formula is C18H20N+. The van der Waals surface area contributed by atoms with Gasteiger partial charge in [0.2, 0.25) is 0 Å². The van der Waals surface area contributed by atoms with Crippen LogP contribution in [-0.2, 0) is 18.3 Å². The highest BCUT2D eigenvalue weighted by Gasteiger charge is 2.45. The molecule has 96 valence electrons. The van der Waals surface area contributed by atoms with E-state index in [1.165, 1.54) is 16.7 Å². The summed E-state index contributed by atoms with van der Waals surface area (Å²) < 4.78 is 0. The van der Waals surface area contributed by atoms with Gasteiger partial charge in [0.1, 0.15) is 0 Å². The zero-order valence-electron chi connectivity index (χ0n) is 11.7. The van der Waals surface area contributed by atoms with E-state index in [-0.39, 0.29) is 5.41 Å². The second-order valence-corrected chi connectivity index (χ2v) is 5.79. The second-order valence-electron chi connectivity index (χ2n) is 5.79. The minimum atomic E-state index is -0.232. The topological polar surface area (TPSA) is 12.9 Å². The van der Waals surface area contributed by atoms with E-state index in [1.54, 1.807) is 0 Å². The van der Waals surface area contributed by atoms with E-state index in [0.29, 0.717) is 5.92 Å². The number of aromatic nitrogens is 1. The molecule has 0 N–H and O–H groups in total. The van der Waals surface area contributed by atoms with Crippen molar-refractivity contribution in [3.63, 3.8) is 0 Å². The summed E-state index contributed by atoms with van der Waals surface area (Å²) >= 11 is 0. The fourth-order valence-corrected chi connectivity index (χ4v) is 3.20. The van der Waals surface area contributed by atoms with Crippen LogP contribution in [0.3, 0.4) is 0 Å². The van der Waals surface area contributed by atoms with Crippen LogP contribution in [0.2, 0.25) is 0 Å². The minimum Gasteiger partial charge on any atom is -0.255 e. The van der Waals surface area contributed by atoms with Gasteiger partial charge < -0.3 is 0 Å². The maximum Gasteiger partial charge on any atom is 0.175 e. The summed E-state index contributed by atoms with van der Waals surface area (Å²) in [4.78, 5) is 4.69. The van der Waals surface area contributed by atoms with E-state index in [0.717, 1.165) is 18.5 Å². The molecule has 0 radical (unpaired) electrons. The first-order chi connectivity index (χ1) is 9.14. The molecule has 1 aromatic heterocycles. The molecular weight excluding hydrogens is 230 g/mol. The van der Waals surface area contributed by atoms with Gasteiger partial charge in [0.05, 0.1) is 12.6 Å². The zero-order chi connectivity index (χ0) is 13.5. The lowest BCUT2D eigenvalue weighted by atomic mass is 9.69. The molecule has 2 aromatic rings. The van der Waals surface area contributed by atoms with Crippen LogP contribution >= 0.6 is 0 Å². The molecule has 0 saturated carbocycles. The first-order valence-corrected chi connectivity index (χ1v) is 7.02. The summed E-state index contributed by atoms with van der Waals surface area (Å²) in [5.41, 5.74) is 5.05. The smallest absolute Gasteiger partial charge is 0.175 e. The third-order valence-electron chi connectivity index (χ3n) is 4.46. The molecule has 0 fully saturated rings. The average molecular weight is 250 g/mol. The van der Waals surface area contributed by atoms with Crippen molar-refractivity contribution in [3.8, 4) is 0 Å². The predicted octanol–water partition coefficient (Wildman–Crippen LogP) is 3.96. The SMILES string of the molecule is [CH2+]C1(C(C)C)c2ccccc2CCc2cccnc21. The monoisotopic (exact) mass is 250 g/mol. The van der Waals surface area contributed by atoms with Crippen LogP contribution in [0.1, 0.15) is 36.2 Å². The Kier molecular flexibility index (Phi) is 2.85. The third kappa shape index (κ3) is 1.76. The number of rotatable bonds is 1. The Morgan fingerprint density at radius 2 is 1.74 bits per heavy atom. The van der Waals surface area contributed by atoms with Crippen LogP contribution in [0.15, 0.2) is 42.6 Å². The summed E-state index contributed by atoms with van der Waals surface area (Å²) in [5.74, 6) is 0.417. The number of hydrogen-bond acceptors (Lipinski definition) is 1. The van der Waals surface area contributed by atoms with Crippen molar-refractivity contribution in [3.05, 3.63) is 71.9 Å². The lowest BCUT2D eigenvalue weighted by molar-refractivity contribution is 0.436. The normalized spacial score (nSPS) is 21.6. The number of pyridine rings is 1. The molecule has 1 aliphatic carbocycles. The van der Waals surface area contributed by atoms with E-state index >= 15 is 0 Å². The molecule has 1 aliphatic rings. The maximum atomic E-state index is 4.69. The highest BCUT2D eigenvalue weighted by Crippen LogP contribution is 2.42. The molecule has 1 nitrogen and oxygen atoms in total. The number of nitrogens with zero attached hydrogens (tertiary/aromatic N) is 1. The summed E-state index contributed by atoms with van der Waals surface area (Å²) in [6, 6.07) is 13.0. The van der Waals surface area contributed by atoms with Gasteiger partial charge >= 0.3 is 0 Å². The molecule has 1 unspecified atom stereocenters. The maximum absolute atomic E-state index is 4.69. The van der Waals surface area contributed by atoms with Crippen LogP contribution < -0.4 is 0 Å². The Labute approximate surface area is 115 Å². The van der Waals surface area contributed by atoms with Crippen LogP contribution in [-0.4, -0.2) is 4.98 Å². The molecule has 3 rings (SSSR count). The fraction of sp³-hybridized carbons (Fsp3) is 0.333. The van der Waals surface area contributed by atoms with Gasteiger partial charge in [-0.15, -0.1) is 0 Å². The van der Waals surface area contributed by atoms with Crippen molar-refractivity contribution in [2.45, 2.75) is 32.1 Å². The largest absolute Gasteiger partial charge is 0.255 e. The fourth-order valence-electron chi connectivity index (χ4n) is 3.20. The number of benzene rings is 1. The summed E-state index contributed by atoms with van der Waals surface area (Å²) in [6.45, 7) is 9.10. The molecule has 1 aromatic carbocycles. The second kappa shape index (κ2) is 4.41. The van der Waals surface area contributed by atoms with Crippen LogP contribution in [0.5, 0.6) is 0 Å². The first-order valence-electron chi connectivity index (χ1n) is 7.02.